The maximum atomic E-state index is 11.7. The molecule has 0 spiro atoms. The van der Waals surface area contributed by atoms with Gasteiger partial charge in [0.15, 0.2) is 12.3 Å². The number of hydroxylamine groups is 1. The molecule has 0 N–H and O–H groups in total. The Bertz CT molecular complexity index is 423. The van der Waals surface area contributed by atoms with Crippen LogP contribution in [0.15, 0.2) is 24.3 Å². The van der Waals surface area contributed by atoms with Crippen LogP contribution in [0.1, 0.15) is 25.8 Å². The smallest absolute Gasteiger partial charge is 0.195 e. The lowest BCUT2D eigenvalue weighted by Crippen LogP contribution is -2.14. The zero-order chi connectivity index (χ0) is 11.1. The number of nitrogens with zero attached hydrogens (tertiary/aromatic N) is 1. The number of halogens is 1. The van der Waals surface area contributed by atoms with Crippen LogP contribution in [0.2, 0.25) is 5.02 Å². The van der Waals surface area contributed by atoms with Crippen LogP contribution >= 0.6 is 11.6 Å². The molecule has 3 heteroatoms. The highest BCUT2D eigenvalue weighted by Crippen LogP contribution is 2.29. The lowest BCUT2D eigenvalue weighted by molar-refractivity contribution is -0.459. The van der Waals surface area contributed by atoms with Gasteiger partial charge in [0.1, 0.15) is 0 Å². The standard InChI is InChI=1S/C12H14ClNO/c1-12(2)7-11(14(15)8-12)9-4-3-5-10(13)6-9/h3-6H,7-8H2,1-2H3. The first-order valence-corrected chi connectivity index (χ1v) is 5.42. The molecule has 1 aliphatic rings. The van der Waals surface area contributed by atoms with Crippen LogP contribution in [0.25, 0.3) is 0 Å². The van der Waals surface area contributed by atoms with Crippen molar-refractivity contribution in [3.8, 4) is 0 Å². The molecule has 0 bridgehead atoms. The van der Waals surface area contributed by atoms with E-state index in [-0.39, 0.29) is 5.41 Å². The van der Waals surface area contributed by atoms with E-state index in [9.17, 15) is 5.21 Å². The van der Waals surface area contributed by atoms with E-state index in [1.54, 1.807) is 0 Å². The van der Waals surface area contributed by atoms with E-state index in [1.165, 1.54) is 0 Å². The molecule has 0 saturated heterocycles. The number of benzene rings is 1. The quantitative estimate of drug-likeness (QED) is 0.531. The van der Waals surface area contributed by atoms with Crippen LogP contribution in [0.3, 0.4) is 0 Å². The fourth-order valence-electron chi connectivity index (χ4n) is 2.00. The summed E-state index contributed by atoms with van der Waals surface area (Å²) in [4.78, 5) is 0. The molecule has 80 valence electrons. The van der Waals surface area contributed by atoms with Crippen molar-refractivity contribution in [3.05, 3.63) is 40.1 Å². The Morgan fingerprint density at radius 1 is 1.40 bits per heavy atom. The van der Waals surface area contributed by atoms with E-state index < -0.39 is 0 Å². The summed E-state index contributed by atoms with van der Waals surface area (Å²) in [5.74, 6) is 0. The molecule has 1 heterocycles. The lowest BCUT2D eigenvalue weighted by atomic mass is 9.88. The first-order valence-electron chi connectivity index (χ1n) is 5.04. The summed E-state index contributed by atoms with van der Waals surface area (Å²) in [6.45, 7) is 4.78. The van der Waals surface area contributed by atoms with E-state index in [4.69, 9.17) is 11.6 Å². The van der Waals surface area contributed by atoms with Gasteiger partial charge in [0.25, 0.3) is 0 Å². The van der Waals surface area contributed by atoms with Crippen LogP contribution in [0, 0.1) is 10.6 Å². The number of rotatable bonds is 1. The molecule has 2 rings (SSSR count). The molecule has 0 amide bonds. The van der Waals surface area contributed by atoms with Crippen LogP contribution in [-0.2, 0) is 0 Å². The Labute approximate surface area is 94.8 Å². The Balaban J connectivity index is 2.37. The van der Waals surface area contributed by atoms with Gasteiger partial charge < -0.3 is 5.21 Å². The van der Waals surface area contributed by atoms with E-state index >= 15 is 0 Å². The molecule has 0 atom stereocenters. The molecule has 0 saturated carbocycles. The van der Waals surface area contributed by atoms with Crippen LogP contribution in [-0.4, -0.2) is 17.0 Å². The molecular formula is C12H14ClNO. The summed E-state index contributed by atoms with van der Waals surface area (Å²) in [6, 6.07) is 7.49. The van der Waals surface area contributed by atoms with Gasteiger partial charge in [0.05, 0.1) is 0 Å². The summed E-state index contributed by atoms with van der Waals surface area (Å²) < 4.78 is 1.09. The van der Waals surface area contributed by atoms with Gasteiger partial charge in [-0.2, -0.15) is 0 Å². The zero-order valence-corrected chi connectivity index (χ0v) is 9.71. The summed E-state index contributed by atoms with van der Waals surface area (Å²) in [5, 5.41) is 12.4. The average molecular weight is 224 g/mol. The highest BCUT2D eigenvalue weighted by atomic mass is 35.5. The van der Waals surface area contributed by atoms with Crippen molar-refractivity contribution in [3.63, 3.8) is 0 Å². The molecule has 1 aliphatic heterocycles. The summed E-state index contributed by atoms with van der Waals surface area (Å²) >= 11 is 5.91. The van der Waals surface area contributed by atoms with Crippen molar-refractivity contribution in [2.24, 2.45) is 5.41 Å². The molecule has 1 aromatic carbocycles. The average Bonchev–Trinajstić information content (AvgIpc) is 2.40. The number of hydrogen-bond acceptors (Lipinski definition) is 1. The summed E-state index contributed by atoms with van der Waals surface area (Å²) in [6.07, 6.45) is 0.816. The Morgan fingerprint density at radius 3 is 2.67 bits per heavy atom. The normalized spacial score (nSPS) is 19.7. The van der Waals surface area contributed by atoms with Gasteiger partial charge in [-0.3, -0.25) is 0 Å². The maximum Gasteiger partial charge on any atom is 0.195 e. The highest BCUT2D eigenvalue weighted by Gasteiger charge is 2.35. The van der Waals surface area contributed by atoms with Crippen LogP contribution in [0.4, 0.5) is 0 Å². The first-order chi connectivity index (χ1) is 6.98. The minimum atomic E-state index is 0.0689. The van der Waals surface area contributed by atoms with Crippen molar-refractivity contribution in [2.75, 3.05) is 6.54 Å². The SMILES string of the molecule is CC1(C)CC(c2cccc(Cl)c2)=[N+]([O-])C1. The molecule has 0 aliphatic carbocycles. The summed E-state index contributed by atoms with van der Waals surface area (Å²) in [7, 11) is 0. The lowest BCUT2D eigenvalue weighted by Gasteiger charge is -2.10. The van der Waals surface area contributed by atoms with Gasteiger partial charge in [-0.05, 0) is 18.2 Å². The van der Waals surface area contributed by atoms with Crippen molar-refractivity contribution in [1.82, 2.24) is 0 Å². The molecule has 2 nitrogen and oxygen atoms in total. The van der Waals surface area contributed by atoms with Crippen molar-refractivity contribution in [2.45, 2.75) is 20.3 Å². The second-order valence-corrected chi connectivity index (χ2v) is 5.27. The molecule has 0 aromatic heterocycles. The van der Waals surface area contributed by atoms with E-state index in [0.717, 1.165) is 22.4 Å². The second-order valence-electron chi connectivity index (χ2n) is 4.83. The first kappa shape index (κ1) is 10.5. The van der Waals surface area contributed by atoms with Crippen molar-refractivity contribution >= 4 is 17.3 Å². The van der Waals surface area contributed by atoms with E-state index in [1.807, 2.05) is 24.3 Å². The molecule has 15 heavy (non-hydrogen) atoms. The van der Waals surface area contributed by atoms with Gasteiger partial charge >= 0.3 is 0 Å². The van der Waals surface area contributed by atoms with E-state index in [2.05, 4.69) is 13.8 Å². The van der Waals surface area contributed by atoms with Crippen molar-refractivity contribution in [1.29, 1.82) is 0 Å². The van der Waals surface area contributed by atoms with Gasteiger partial charge in [-0.25, -0.2) is 4.74 Å². The Hall–Kier alpha value is -1.02. The molecule has 0 unspecified atom stereocenters. The zero-order valence-electron chi connectivity index (χ0n) is 8.96. The third-order valence-corrected chi connectivity index (χ3v) is 2.91. The van der Waals surface area contributed by atoms with Crippen LogP contribution in [0.5, 0.6) is 0 Å². The Morgan fingerprint density at radius 2 is 2.13 bits per heavy atom. The maximum absolute atomic E-state index is 11.7. The largest absolute Gasteiger partial charge is 0.624 e. The molecule has 0 fully saturated rings. The van der Waals surface area contributed by atoms with E-state index in [0.29, 0.717) is 11.6 Å². The second kappa shape index (κ2) is 3.53. The van der Waals surface area contributed by atoms with Gasteiger partial charge in [-0.1, -0.05) is 31.5 Å². The minimum Gasteiger partial charge on any atom is -0.624 e. The highest BCUT2D eigenvalue weighted by molar-refractivity contribution is 6.31. The fourth-order valence-corrected chi connectivity index (χ4v) is 2.19. The molecule has 0 radical (unpaired) electrons. The Kier molecular flexibility index (Phi) is 2.47. The minimum absolute atomic E-state index is 0.0689. The van der Waals surface area contributed by atoms with Gasteiger partial charge in [-0.15, -0.1) is 0 Å². The van der Waals surface area contributed by atoms with Gasteiger partial charge in [0, 0.05) is 22.4 Å². The van der Waals surface area contributed by atoms with Gasteiger partial charge in [0.2, 0.25) is 0 Å². The number of hydrogen-bond donors (Lipinski definition) is 0. The predicted octanol–water partition coefficient (Wildman–Crippen LogP) is 3.07. The third kappa shape index (κ3) is 2.15. The molecular weight excluding hydrogens is 210 g/mol. The van der Waals surface area contributed by atoms with Crippen LogP contribution < -0.4 is 0 Å². The topological polar surface area (TPSA) is 26.1 Å². The van der Waals surface area contributed by atoms with Crippen molar-refractivity contribution < 1.29 is 4.74 Å². The molecule has 1 aromatic rings. The monoisotopic (exact) mass is 223 g/mol. The fraction of sp³-hybridized carbons (Fsp3) is 0.417. The third-order valence-electron chi connectivity index (χ3n) is 2.68. The summed E-state index contributed by atoms with van der Waals surface area (Å²) in [5.41, 5.74) is 1.87. The predicted molar refractivity (Wildman–Crippen MR) is 62.5 cm³/mol.